The molecule has 5 nitrogen and oxygen atoms in total. The van der Waals surface area contributed by atoms with Gasteiger partial charge in [0.25, 0.3) is 5.56 Å². The van der Waals surface area contributed by atoms with E-state index in [4.69, 9.17) is 4.74 Å². The molecule has 5 heteroatoms. The van der Waals surface area contributed by atoms with Gasteiger partial charge in [-0.05, 0) is 29.3 Å². The van der Waals surface area contributed by atoms with Gasteiger partial charge < -0.3 is 9.72 Å². The summed E-state index contributed by atoms with van der Waals surface area (Å²) in [6.45, 7) is 0. The molecule has 0 saturated carbocycles. The van der Waals surface area contributed by atoms with Crippen LogP contribution in [-0.2, 0) is 6.42 Å². The summed E-state index contributed by atoms with van der Waals surface area (Å²) in [5, 5.41) is 0. The van der Waals surface area contributed by atoms with Crippen LogP contribution in [0.4, 0.5) is 0 Å². The molecular formula is C22H19N3O2. The largest absolute Gasteiger partial charge is 0.497 e. The van der Waals surface area contributed by atoms with Crippen molar-refractivity contribution in [1.82, 2.24) is 14.5 Å². The molecule has 134 valence electrons. The van der Waals surface area contributed by atoms with Crippen LogP contribution in [0.15, 0.2) is 71.8 Å². The van der Waals surface area contributed by atoms with Crippen molar-refractivity contribution in [1.29, 1.82) is 0 Å². The Hall–Kier alpha value is -3.60. The second-order valence-corrected chi connectivity index (χ2v) is 6.23. The lowest BCUT2D eigenvalue weighted by Gasteiger charge is -2.02. The molecule has 0 spiro atoms. The maximum atomic E-state index is 12.7. The molecule has 4 rings (SSSR count). The fourth-order valence-corrected chi connectivity index (χ4v) is 2.93. The highest BCUT2D eigenvalue weighted by Crippen LogP contribution is 2.15. The first-order valence-electron chi connectivity index (χ1n) is 8.68. The third-order valence-electron chi connectivity index (χ3n) is 4.38. The average molecular weight is 357 g/mol. The minimum atomic E-state index is -0.0815. The van der Waals surface area contributed by atoms with Crippen LogP contribution in [0.1, 0.15) is 22.5 Å². The number of aromatic nitrogens is 3. The molecule has 0 saturated heterocycles. The highest BCUT2D eigenvalue weighted by molar-refractivity contribution is 5.68. The molecule has 27 heavy (non-hydrogen) atoms. The van der Waals surface area contributed by atoms with Crippen molar-refractivity contribution in [3.05, 3.63) is 99.9 Å². The maximum Gasteiger partial charge on any atom is 0.278 e. The zero-order valence-electron chi connectivity index (χ0n) is 14.9. The van der Waals surface area contributed by atoms with Gasteiger partial charge in [-0.3, -0.25) is 9.36 Å². The number of H-pyrrole nitrogens is 1. The summed E-state index contributed by atoms with van der Waals surface area (Å²) in [6.07, 6.45) is 7.96. The molecule has 0 amide bonds. The van der Waals surface area contributed by atoms with Gasteiger partial charge in [-0.15, -0.1) is 0 Å². The van der Waals surface area contributed by atoms with Gasteiger partial charge in [-0.2, -0.15) is 0 Å². The summed E-state index contributed by atoms with van der Waals surface area (Å²) in [7, 11) is 1.65. The Balaban J connectivity index is 1.60. The zero-order chi connectivity index (χ0) is 18.6. The normalized spacial score (nSPS) is 11.3. The number of nitrogens with one attached hydrogen (secondary N) is 1. The number of fused-ring (bicyclic) bond motifs is 1. The predicted octanol–water partition coefficient (Wildman–Crippen LogP) is 3.77. The fraction of sp³-hybridized carbons (Fsp3) is 0.0909. The molecule has 0 unspecified atom stereocenters. The Morgan fingerprint density at radius 1 is 1.07 bits per heavy atom. The molecule has 0 radical (unpaired) electrons. The molecule has 2 aliphatic rings. The van der Waals surface area contributed by atoms with Crippen molar-refractivity contribution in [2.24, 2.45) is 0 Å². The second kappa shape index (κ2) is 7.33. The first-order chi connectivity index (χ1) is 13.2. The molecule has 0 aliphatic carbocycles. The summed E-state index contributed by atoms with van der Waals surface area (Å²) in [4.78, 5) is 20.3. The molecule has 0 aromatic heterocycles. The van der Waals surface area contributed by atoms with Gasteiger partial charge in [-0.1, -0.05) is 48.5 Å². The number of ether oxygens (including phenoxy) is 1. The summed E-state index contributed by atoms with van der Waals surface area (Å²) in [5.41, 5.74) is 3.40. The third-order valence-corrected chi connectivity index (χ3v) is 4.38. The van der Waals surface area contributed by atoms with E-state index < -0.39 is 0 Å². The van der Waals surface area contributed by atoms with Crippen LogP contribution in [0.5, 0.6) is 5.75 Å². The minimum Gasteiger partial charge on any atom is -0.497 e. The van der Waals surface area contributed by atoms with Gasteiger partial charge in [0.2, 0.25) is 0 Å². The molecule has 0 bridgehead atoms. The molecular weight excluding hydrogens is 338 g/mol. The standard InChI is InChI=1S/C22H19N3O2/c1-27-19-11-8-16(9-12-19)7-10-18-15-25-21(14-23-18)24-20(22(25)26)13-17-5-3-2-4-6-17/h2-12,14-15,23H,13H2,1H3. The number of hydrogen-bond acceptors (Lipinski definition) is 3. The van der Waals surface area contributed by atoms with Crippen LogP contribution in [0, 0.1) is 0 Å². The fourth-order valence-electron chi connectivity index (χ4n) is 2.93. The lowest BCUT2D eigenvalue weighted by atomic mass is 10.1. The van der Waals surface area contributed by atoms with Crippen molar-refractivity contribution >= 4 is 12.2 Å². The van der Waals surface area contributed by atoms with Crippen molar-refractivity contribution in [2.75, 3.05) is 7.11 Å². The molecule has 0 atom stereocenters. The van der Waals surface area contributed by atoms with Crippen LogP contribution in [0.2, 0.25) is 0 Å². The Morgan fingerprint density at radius 3 is 2.59 bits per heavy atom. The SMILES string of the molecule is COc1ccc(C=Cc2cn3c(=O)c(Cc4ccccc4)nc-3c[nH]2)cc1. The molecule has 2 heterocycles. The van der Waals surface area contributed by atoms with E-state index in [2.05, 4.69) is 9.97 Å². The lowest BCUT2D eigenvalue weighted by Crippen LogP contribution is -2.15. The monoisotopic (exact) mass is 357 g/mol. The van der Waals surface area contributed by atoms with E-state index in [1.807, 2.05) is 66.7 Å². The number of aromatic amines is 1. The topological polar surface area (TPSA) is 59.9 Å². The van der Waals surface area contributed by atoms with Crippen molar-refractivity contribution in [3.8, 4) is 11.6 Å². The summed E-state index contributed by atoms with van der Waals surface area (Å²) < 4.78 is 6.75. The van der Waals surface area contributed by atoms with Crippen LogP contribution in [0.3, 0.4) is 0 Å². The highest BCUT2D eigenvalue weighted by atomic mass is 16.5. The number of hydrogen-bond donors (Lipinski definition) is 1. The van der Waals surface area contributed by atoms with Crippen LogP contribution in [0.25, 0.3) is 18.0 Å². The van der Waals surface area contributed by atoms with Crippen LogP contribution < -0.4 is 10.3 Å². The zero-order valence-corrected chi connectivity index (χ0v) is 14.9. The van der Waals surface area contributed by atoms with E-state index in [0.29, 0.717) is 17.9 Å². The van der Waals surface area contributed by atoms with E-state index in [0.717, 1.165) is 22.6 Å². The van der Waals surface area contributed by atoms with Crippen LogP contribution in [-0.4, -0.2) is 21.6 Å². The second-order valence-electron chi connectivity index (χ2n) is 6.23. The summed E-state index contributed by atoms with van der Waals surface area (Å²) in [6, 6.07) is 17.7. The first-order valence-corrected chi connectivity index (χ1v) is 8.68. The number of methoxy groups -OCH3 is 1. The van der Waals surface area contributed by atoms with E-state index in [9.17, 15) is 4.79 Å². The molecule has 2 aromatic carbocycles. The summed E-state index contributed by atoms with van der Waals surface area (Å²) in [5.74, 6) is 1.44. The first kappa shape index (κ1) is 16.8. The minimum absolute atomic E-state index is 0.0815. The molecule has 2 aromatic rings. The Kier molecular flexibility index (Phi) is 4.58. The van der Waals surface area contributed by atoms with Gasteiger partial charge in [-0.25, -0.2) is 4.98 Å². The molecule has 1 N–H and O–H groups in total. The maximum absolute atomic E-state index is 12.7. The number of benzene rings is 2. The van der Waals surface area contributed by atoms with Crippen molar-refractivity contribution in [3.63, 3.8) is 0 Å². The average Bonchev–Trinajstić information content (AvgIpc) is 3.02. The number of rotatable bonds is 5. The Labute approximate surface area is 156 Å². The van der Waals surface area contributed by atoms with Gasteiger partial charge in [0, 0.05) is 18.8 Å². The Bertz CT molecular complexity index is 1090. The van der Waals surface area contributed by atoms with Gasteiger partial charge >= 0.3 is 0 Å². The predicted molar refractivity (Wildman–Crippen MR) is 107 cm³/mol. The number of imidazole rings is 1. The van der Waals surface area contributed by atoms with Crippen molar-refractivity contribution in [2.45, 2.75) is 6.42 Å². The quantitative estimate of drug-likeness (QED) is 0.591. The van der Waals surface area contributed by atoms with Gasteiger partial charge in [0.1, 0.15) is 11.4 Å². The smallest absolute Gasteiger partial charge is 0.278 e. The van der Waals surface area contributed by atoms with E-state index in [1.165, 1.54) is 0 Å². The lowest BCUT2D eigenvalue weighted by molar-refractivity contribution is 0.415. The molecule has 0 fully saturated rings. The van der Waals surface area contributed by atoms with E-state index in [-0.39, 0.29) is 5.56 Å². The number of nitrogens with zero attached hydrogens (tertiary/aromatic N) is 2. The van der Waals surface area contributed by atoms with E-state index in [1.54, 1.807) is 24.1 Å². The summed E-state index contributed by atoms with van der Waals surface area (Å²) >= 11 is 0. The highest BCUT2D eigenvalue weighted by Gasteiger charge is 2.14. The van der Waals surface area contributed by atoms with Crippen molar-refractivity contribution < 1.29 is 4.74 Å². The van der Waals surface area contributed by atoms with Gasteiger partial charge in [0.05, 0.1) is 12.8 Å². The van der Waals surface area contributed by atoms with Gasteiger partial charge in [0.15, 0.2) is 5.82 Å². The molecule has 2 aliphatic heterocycles. The van der Waals surface area contributed by atoms with E-state index >= 15 is 0 Å². The Morgan fingerprint density at radius 2 is 1.85 bits per heavy atom. The third kappa shape index (κ3) is 3.67. The van der Waals surface area contributed by atoms with Crippen LogP contribution >= 0.6 is 0 Å².